The van der Waals surface area contributed by atoms with Crippen molar-refractivity contribution in [3.8, 4) is 0 Å². The summed E-state index contributed by atoms with van der Waals surface area (Å²) in [5.41, 5.74) is 6.78. The first-order valence-electron chi connectivity index (χ1n) is 10.1. The minimum atomic E-state index is -0.674. The summed E-state index contributed by atoms with van der Waals surface area (Å²) in [7, 11) is 0. The zero-order valence-corrected chi connectivity index (χ0v) is 17.8. The Bertz CT molecular complexity index is 1210. The van der Waals surface area contributed by atoms with E-state index in [-0.39, 0.29) is 48.2 Å². The van der Waals surface area contributed by atoms with Crippen molar-refractivity contribution in [2.75, 3.05) is 6.54 Å². The summed E-state index contributed by atoms with van der Waals surface area (Å²) in [6.07, 6.45) is 1.64. The van der Waals surface area contributed by atoms with Crippen LogP contribution in [-0.2, 0) is 22.7 Å². The van der Waals surface area contributed by atoms with Crippen LogP contribution in [0.4, 0.5) is 4.39 Å². The SMILES string of the molecule is NC(=O)c1nn(CC(=O)N(CC(=O)NCc2ccc(F)c(Cl)c2)C2CC2)c2ccccc12. The van der Waals surface area contributed by atoms with Crippen LogP contribution >= 0.6 is 11.6 Å². The van der Waals surface area contributed by atoms with Crippen LogP contribution in [0.2, 0.25) is 5.02 Å². The first kappa shape index (κ1) is 21.8. The topological polar surface area (TPSA) is 110 Å². The Morgan fingerprint density at radius 2 is 1.97 bits per heavy atom. The first-order valence-corrected chi connectivity index (χ1v) is 10.5. The molecule has 10 heteroatoms. The Kier molecular flexibility index (Phi) is 6.09. The van der Waals surface area contributed by atoms with Crippen LogP contribution < -0.4 is 11.1 Å². The minimum absolute atomic E-state index is 0.00838. The summed E-state index contributed by atoms with van der Waals surface area (Å²) < 4.78 is 14.7. The molecule has 32 heavy (non-hydrogen) atoms. The van der Waals surface area contributed by atoms with Gasteiger partial charge < -0.3 is 16.0 Å². The maximum atomic E-state index is 13.3. The van der Waals surface area contributed by atoms with Crippen molar-refractivity contribution < 1.29 is 18.8 Å². The van der Waals surface area contributed by atoms with Gasteiger partial charge in [-0.1, -0.05) is 35.9 Å². The van der Waals surface area contributed by atoms with Crippen molar-refractivity contribution >= 4 is 40.2 Å². The number of halogens is 2. The maximum Gasteiger partial charge on any atom is 0.269 e. The van der Waals surface area contributed by atoms with Crippen LogP contribution in [0, 0.1) is 5.82 Å². The minimum Gasteiger partial charge on any atom is -0.364 e. The molecule has 0 spiro atoms. The Morgan fingerprint density at radius 3 is 2.66 bits per heavy atom. The second-order valence-electron chi connectivity index (χ2n) is 7.67. The summed E-state index contributed by atoms with van der Waals surface area (Å²) >= 11 is 5.77. The number of hydrogen-bond acceptors (Lipinski definition) is 4. The predicted molar refractivity (Wildman–Crippen MR) is 116 cm³/mol. The highest BCUT2D eigenvalue weighted by Gasteiger charge is 2.34. The van der Waals surface area contributed by atoms with E-state index in [1.54, 1.807) is 24.3 Å². The number of nitrogens with one attached hydrogen (secondary N) is 1. The lowest BCUT2D eigenvalue weighted by atomic mass is 10.2. The number of para-hydroxylation sites is 1. The van der Waals surface area contributed by atoms with E-state index in [4.69, 9.17) is 17.3 Å². The zero-order chi connectivity index (χ0) is 22.8. The Morgan fingerprint density at radius 1 is 1.22 bits per heavy atom. The maximum absolute atomic E-state index is 13.3. The fourth-order valence-corrected chi connectivity index (χ4v) is 3.72. The Hall–Kier alpha value is -3.46. The molecule has 3 amide bonds. The van der Waals surface area contributed by atoms with Crippen molar-refractivity contribution in [3.05, 3.63) is 64.6 Å². The van der Waals surface area contributed by atoms with Gasteiger partial charge in [0.2, 0.25) is 11.8 Å². The van der Waals surface area contributed by atoms with Gasteiger partial charge in [-0.05, 0) is 36.6 Å². The molecular formula is C22H21ClFN5O3. The number of nitrogens with two attached hydrogens (primary N) is 1. The van der Waals surface area contributed by atoms with E-state index in [1.165, 1.54) is 27.8 Å². The smallest absolute Gasteiger partial charge is 0.269 e. The average molecular weight is 458 g/mol. The van der Waals surface area contributed by atoms with E-state index in [9.17, 15) is 18.8 Å². The van der Waals surface area contributed by atoms with Gasteiger partial charge in [0.05, 0.1) is 17.1 Å². The number of amides is 3. The fourth-order valence-electron chi connectivity index (χ4n) is 3.52. The molecule has 3 aromatic rings. The van der Waals surface area contributed by atoms with Crippen molar-refractivity contribution in [1.29, 1.82) is 0 Å². The summed E-state index contributed by atoms with van der Waals surface area (Å²) in [5, 5.41) is 7.49. The van der Waals surface area contributed by atoms with Crippen LogP contribution in [0.3, 0.4) is 0 Å². The highest BCUT2D eigenvalue weighted by Crippen LogP contribution is 2.27. The number of carbonyl (C=O) groups excluding carboxylic acids is 3. The zero-order valence-electron chi connectivity index (χ0n) is 17.1. The summed E-state index contributed by atoms with van der Waals surface area (Å²) in [6, 6.07) is 11.2. The van der Waals surface area contributed by atoms with Crippen molar-refractivity contribution in [2.24, 2.45) is 5.73 Å². The van der Waals surface area contributed by atoms with Crippen LogP contribution in [0.5, 0.6) is 0 Å². The number of hydrogen-bond donors (Lipinski definition) is 2. The number of aromatic nitrogens is 2. The van der Waals surface area contributed by atoms with Crippen molar-refractivity contribution in [1.82, 2.24) is 20.0 Å². The van der Waals surface area contributed by atoms with Crippen LogP contribution in [0.25, 0.3) is 10.9 Å². The van der Waals surface area contributed by atoms with Crippen LogP contribution in [0.1, 0.15) is 28.9 Å². The van der Waals surface area contributed by atoms with Crippen molar-refractivity contribution in [2.45, 2.75) is 32.0 Å². The van der Waals surface area contributed by atoms with E-state index in [2.05, 4.69) is 10.4 Å². The Labute approximate surface area is 188 Å². The van der Waals surface area contributed by atoms with Gasteiger partial charge in [-0.15, -0.1) is 0 Å². The molecular weight excluding hydrogens is 437 g/mol. The second-order valence-corrected chi connectivity index (χ2v) is 8.07. The lowest BCUT2D eigenvalue weighted by Crippen LogP contribution is -2.43. The number of nitrogens with zero attached hydrogens (tertiary/aromatic N) is 3. The van der Waals surface area contributed by atoms with E-state index >= 15 is 0 Å². The number of rotatable bonds is 8. The first-order chi connectivity index (χ1) is 15.3. The van der Waals surface area contributed by atoms with E-state index in [0.717, 1.165) is 12.8 Å². The average Bonchev–Trinajstić information content (AvgIpc) is 3.54. The highest BCUT2D eigenvalue weighted by molar-refractivity contribution is 6.30. The number of fused-ring (bicyclic) bond motifs is 1. The molecule has 2 aromatic carbocycles. The molecule has 1 fully saturated rings. The van der Waals surface area contributed by atoms with Gasteiger partial charge in [0.15, 0.2) is 5.69 Å². The summed E-state index contributed by atoms with van der Waals surface area (Å²) in [5.74, 6) is -1.82. The third kappa shape index (κ3) is 4.72. The van der Waals surface area contributed by atoms with Gasteiger partial charge in [-0.3, -0.25) is 19.1 Å². The third-order valence-electron chi connectivity index (χ3n) is 5.27. The normalized spacial score (nSPS) is 13.2. The van der Waals surface area contributed by atoms with Gasteiger partial charge in [0.1, 0.15) is 12.4 Å². The monoisotopic (exact) mass is 457 g/mol. The molecule has 0 atom stereocenters. The largest absolute Gasteiger partial charge is 0.364 e. The lowest BCUT2D eigenvalue weighted by Gasteiger charge is -2.22. The molecule has 4 rings (SSSR count). The molecule has 0 bridgehead atoms. The molecule has 8 nitrogen and oxygen atoms in total. The summed E-state index contributed by atoms with van der Waals surface area (Å²) in [6.45, 7) is -0.0667. The van der Waals surface area contributed by atoms with E-state index in [0.29, 0.717) is 16.5 Å². The third-order valence-corrected chi connectivity index (χ3v) is 5.56. The van der Waals surface area contributed by atoms with E-state index < -0.39 is 11.7 Å². The van der Waals surface area contributed by atoms with Gasteiger partial charge in [-0.2, -0.15) is 5.10 Å². The molecule has 1 heterocycles. The molecule has 1 saturated carbocycles. The number of carbonyl (C=O) groups is 3. The van der Waals surface area contributed by atoms with Crippen LogP contribution in [-0.4, -0.2) is 45.0 Å². The molecule has 1 aromatic heterocycles. The van der Waals surface area contributed by atoms with E-state index in [1.807, 2.05) is 0 Å². The predicted octanol–water partition coefficient (Wildman–Crippen LogP) is 2.24. The standard InChI is InChI=1S/C22H21ClFN5O3/c23-16-9-13(5-8-17(16)24)10-26-19(30)11-28(14-6-7-14)20(31)12-29-18-4-2-1-3-15(18)21(27-29)22(25)32/h1-5,8-9,14H,6-7,10-12H2,(H2,25,32)(H,26,30). The van der Waals surface area contributed by atoms with Crippen molar-refractivity contribution in [3.63, 3.8) is 0 Å². The lowest BCUT2D eigenvalue weighted by molar-refractivity contribution is -0.137. The van der Waals surface area contributed by atoms with Gasteiger partial charge >= 0.3 is 0 Å². The molecule has 0 aliphatic heterocycles. The van der Waals surface area contributed by atoms with Gasteiger partial charge in [0, 0.05) is 18.0 Å². The Balaban J connectivity index is 1.43. The van der Waals surface area contributed by atoms with Gasteiger partial charge in [-0.25, -0.2) is 4.39 Å². The molecule has 0 saturated heterocycles. The summed E-state index contributed by atoms with van der Waals surface area (Å²) in [4.78, 5) is 38.7. The highest BCUT2D eigenvalue weighted by atomic mass is 35.5. The fraction of sp³-hybridized carbons (Fsp3) is 0.273. The molecule has 1 aliphatic rings. The molecule has 1 aliphatic carbocycles. The second kappa shape index (κ2) is 8.96. The number of primary amides is 1. The molecule has 0 radical (unpaired) electrons. The molecule has 3 N–H and O–H groups in total. The molecule has 166 valence electrons. The quantitative estimate of drug-likeness (QED) is 0.540. The molecule has 0 unspecified atom stereocenters. The van der Waals surface area contributed by atoms with Crippen LogP contribution in [0.15, 0.2) is 42.5 Å². The van der Waals surface area contributed by atoms with Gasteiger partial charge in [0.25, 0.3) is 5.91 Å². The number of benzene rings is 2.